The number of nitrogens with one attached hydrogen (secondary N) is 1. The fraction of sp³-hybridized carbons (Fsp3) is 0.0500. The second kappa shape index (κ2) is 7.28. The van der Waals surface area contributed by atoms with Crippen LogP contribution in [0, 0.1) is 5.82 Å². The number of aliphatic hydroxyl groups excluding tert-OH is 1. The van der Waals surface area contributed by atoms with Crippen LogP contribution in [0.3, 0.4) is 0 Å². The largest absolute Gasteiger partial charge is 0.507 e. The van der Waals surface area contributed by atoms with Crippen molar-refractivity contribution >= 4 is 34.0 Å². The average Bonchev–Trinajstić information content (AvgIpc) is 3.32. The van der Waals surface area contributed by atoms with Gasteiger partial charge >= 0.3 is 0 Å². The van der Waals surface area contributed by atoms with Crippen molar-refractivity contribution in [3.05, 3.63) is 88.9 Å². The Kier molecular flexibility index (Phi) is 4.67. The van der Waals surface area contributed by atoms with Gasteiger partial charge in [-0.05, 0) is 29.8 Å². The number of rotatable bonds is 5. The van der Waals surface area contributed by atoms with Crippen molar-refractivity contribution in [2.75, 3.05) is 0 Å². The van der Waals surface area contributed by atoms with Crippen LogP contribution in [-0.4, -0.2) is 30.6 Å². The van der Waals surface area contributed by atoms with Crippen LogP contribution in [0.5, 0.6) is 0 Å². The smallest absolute Gasteiger partial charge is 0.226 e. The Morgan fingerprint density at radius 2 is 2.04 bits per heavy atom. The highest BCUT2D eigenvalue weighted by atomic mass is 35.5. The highest BCUT2D eigenvalue weighted by Crippen LogP contribution is 2.29. The maximum absolute atomic E-state index is 13.2. The molecule has 140 valence electrons. The van der Waals surface area contributed by atoms with E-state index in [0.717, 1.165) is 22.5 Å². The van der Waals surface area contributed by atoms with E-state index in [-0.39, 0.29) is 17.4 Å². The summed E-state index contributed by atoms with van der Waals surface area (Å²) in [5, 5.41) is 17.9. The summed E-state index contributed by atoms with van der Waals surface area (Å²) in [5.74, 6) is -0.976. The van der Waals surface area contributed by atoms with Crippen LogP contribution in [0.15, 0.2) is 61.1 Å². The van der Waals surface area contributed by atoms with E-state index in [9.17, 15) is 14.3 Å². The van der Waals surface area contributed by atoms with Crippen molar-refractivity contribution in [3.8, 4) is 0 Å². The zero-order chi connectivity index (χ0) is 19.7. The summed E-state index contributed by atoms with van der Waals surface area (Å²) >= 11 is 6.14. The molecule has 4 rings (SSSR count). The monoisotopic (exact) mass is 396 g/mol. The lowest BCUT2D eigenvalue weighted by Crippen LogP contribution is -1.99. The maximum atomic E-state index is 13.2. The molecule has 0 aliphatic rings. The molecule has 2 heterocycles. The van der Waals surface area contributed by atoms with E-state index in [1.807, 2.05) is 4.57 Å². The number of aromatic nitrogens is 4. The molecule has 2 N–H and O–H groups in total. The first-order valence-electron chi connectivity index (χ1n) is 8.35. The molecule has 8 heteroatoms. The van der Waals surface area contributed by atoms with Crippen molar-refractivity contribution in [1.29, 1.82) is 0 Å². The Hall–Kier alpha value is -3.45. The fourth-order valence-corrected chi connectivity index (χ4v) is 3.15. The molecule has 0 amide bonds. The Morgan fingerprint density at radius 3 is 2.75 bits per heavy atom. The Labute approximate surface area is 163 Å². The van der Waals surface area contributed by atoms with Gasteiger partial charge in [0.25, 0.3) is 0 Å². The van der Waals surface area contributed by atoms with Crippen LogP contribution in [0.4, 0.5) is 4.39 Å². The number of ketones is 1. The molecule has 2 aromatic carbocycles. The molecule has 0 aliphatic carbocycles. The van der Waals surface area contributed by atoms with E-state index in [0.29, 0.717) is 17.1 Å². The lowest BCUT2D eigenvalue weighted by atomic mass is 10.1. The van der Waals surface area contributed by atoms with Gasteiger partial charge in [0.15, 0.2) is 5.82 Å². The fourth-order valence-electron chi connectivity index (χ4n) is 2.98. The summed E-state index contributed by atoms with van der Waals surface area (Å²) in [4.78, 5) is 16.0. The Balaban J connectivity index is 1.76. The van der Waals surface area contributed by atoms with E-state index in [4.69, 9.17) is 11.6 Å². The van der Waals surface area contributed by atoms with E-state index in [2.05, 4.69) is 15.2 Å². The number of carbonyl (C=O) groups is 1. The van der Waals surface area contributed by atoms with Gasteiger partial charge in [-0.25, -0.2) is 9.37 Å². The number of allylic oxidation sites excluding steroid dienone is 1. The molecule has 0 atom stereocenters. The van der Waals surface area contributed by atoms with E-state index >= 15 is 0 Å². The average molecular weight is 397 g/mol. The van der Waals surface area contributed by atoms with Crippen molar-refractivity contribution < 1.29 is 14.3 Å². The standard InChI is InChI=1S/C20H14ClFN4O2/c21-13-3-6-15-16(18(27)8-19(28)20-23-11-24-25-20)10-26(17(15)7-13)9-12-1-4-14(22)5-2-12/h1-8,10-11,27H,9H2,(H,23,24,25)/b18-8-. The van der Waals surface area contributed by atoms with Gasteiger partial charge in [-0.1, -0.05) is 29.8 Å². The molecule has 0 saturated carbocycles. The van der Waals surface area contributed by atoms with Crippen molar-refractivity contribution in [2.45, 2.75) is 6.54 Å². The minimum Gasteiger partial charge on any atom is -0.507 e. The molecule has 6 nitrogen and oxygen atoms in total. The highest BCUT2D eigenvalue weighted by molar-refractivity contribution is 6.31. The molecular formula is C20H14ClFN4O2. The van der Waals surface area contributed by atoms with E-state index in [1.165, 1.54) is 18.5 Å². The number of aromatic amines is 1. The zero-order valence-corrected chi connectivity index (χ0v) is 15.2. The first kappa shape index (κ1) is 17.9. The molecule has 2 aromatic heterocycles. The third-order valence-corrected chi connectivity index (χ3v) is 4.54. The van der Waals surface area contributed by atoms with Crippen LogP contribution in [0.2, 0.25) is 5.02 Å². The third-order valence-electron chi connectivity index (χ3n) is 4.30. The van der Waals surface area contributed by atoms with Crippen LogP contribution >= 0.6 is 11.6 Å². The molecule has 0 radical (unpaired) electrons. The summed E-state index contributed by atoms with van der Waals surface area (Å²) in [6.07, 6.45) is 4.03. The number of aliphatic hydroxyl groups is 1. The van der Waals surface area contributed by atoms with Crippen LogP contribution in [-0.2, 0) is 6.54 Å². The van der Waals surface area contributed by atoms with Crippen LogP contribution in [0.1, 0.15) is 21.7 Å². The second-order valence-electron chi connectivity index (χ2n) is 6.19. The molecule has 0 bridgehead atoms. The van der Waals surface area contributed by atoms with Gasteiger partial charge in [0.2, 0.25) is 5.78 Å². The van der Waals surface area contributed by atoms with Gasteiger partial charge in [0, 0.05) is 34.8 Å². The molecule has 28 heavy (non-hydrogen) atoms. The van der Waals surface area contributed by atoms with Crippen LogP contribution < -0.4 is 0 Å². The van der Waals surface area contributed by atoms with Gasteiger partial charge in [-0.2, -0.15) is 5.10 Å². The van der Waals surface area contributed by atoms with Crippen LogP contribution in [0.25, 0.3) is 16.7 Å². The molecule has 0 saturated heterocycles. The van der Waals surface area contributed by atoms with Crippen molar-refractivity contribution in [2.24, 2.45) is 0 Å². The Morgan fingerprint density at radius 1 is 1.25 bits per heavy atom. The van der Waals surface area contributed by atoms with Crippen molar-refractivity contribution in [1.82, 2.24) is 19.7 Å². The van der Waals surface area contributed by atoms with Gasteiger partial charge in [-0.3, -0.25) is 9.89 Å². The quantitative estimate of drug-likeness (QED) is 0.298. The van der Waals surface area contributed by atoms with Gasteiger partial charge in [-0.15, -0.1) is 0 Å². The molecular weight excluding hydrogens is 383 g/mol. The number of fused-ring (bicyclic) bond motifs is 1. The normalized spacial score (nSPS) is 11.9. The number of hydrogen-bond acceptors (Lipinski definition) is 4. The van der Waals surface area contributed by atoms with Gasteiger partial charge < -0.3 is 9.67 Å². The minimum absolute atomic E-state index is 0.0321. The number of carbonyl (C=O) groups excluding carboxylic acids is 1. The van der Waals surface area contributed by atoms with Gasteiger partial charge in [0.1, 0.15) is 17.9 Å². The number of halogens is 2. The van der Waals surface area contributed by atoms with E-state index in [1.54, 1.807) is 36.5 Å². The molecule has 0 fully saturated rings. The first-order valence-corrected chi connectivity index (χ1v) is 8.72. The third kappa shape index (κ3) is 3.52. The minimum atomic E-state index is -0.497. The highest BCUT2D eigenvalue weighted by Gasteiger charge is 2.15. The number of nitrogens with zero attached hydrogens (tertiary/aromatic N) is 3. The molecule has 0 spiro atoms. The second-order valence-corrected chi connectivity index (χ2v) is 6.62. The molecule has 4 aromatic rings. The summed E-state index contributed by atoms with van der Waals surface area (Å²) in [7, 11) is 0. The Bertz CT molecular complexity index is 1180. The number of benzene rings is 2. The molecule has 0 aliphatic heterocycles. The van der Waals surface area contributed by atoms with Gasteiger partial charge in [0.05, 0.1) is 5.52 Å². The van der Waals surface area contributed by atoms with Crippen molar-refractivity contribution in [3.63, 3.8) is 0 Å². The number of H-pyrrole nitrogens is 1. The predicted octanol–water partition coefficient (Wildman–Crippen LogP) is 4.38. The lowest BCUT2D eigenvalue weighted by molar-refractivity contribution is 0.103. The lowest BCUT2D eigenvalue weighted by Gasteiger charge is -2.06. The first-order chi connectivity index (χ1) is 13.5. The van der Waals surface area contributed by atoms with E-state index < -0.39 is 5.78 Å². The summed E-state index contributed by atoms with van der Waals surface area (Å²) in [6.45, 7) is 0.445. The maximum Gasteiger partial charge on any atom is 0.226 e. The topological polar surface area (TPSA) is 83.8 Å². The zero-order valence-electron chi connectivity index (χ0n) is 14.4. The summed E-state index contributed by atoms with van der Waals surface area (Å²) in [5.41, 5.74) is 2.13. The summed E-state index contributed by atoms with van der Waals surface area (Å²) in [6, 6.07) is 11.4. The SMILES string of the molecule is O=C(/C=C(\O)c1cn(Cc2ccc(F)cc2)c2cc(Cl)ccc12)c1ncn[nH]1. The number of hydrogen-bond donors (Lipinski definition) is 2. The molecule has 0 unspecified atom stereocenters. The summed E-state index contributed by atoms with van der Waals surface area (Å²) < 4.78 is 15.1. The predicted molar refractivity (Wildman–Crippen MR) is 104 cm³/mol.